The summed E-state index contributed by atoms with van der Waals surface area (Å²) < 4.78 is 0. The standard InChI is InChI=1S/C12H13Cl2NOS/c1-7(6-17-2)15-11(14)8-4-3-5-9(13)10(8)12(15)16/h3-5,7,11H,6H2,1-2H3. The second-order valence-corrected chi connectivity index (χ2v) is 5.79. The largest absolute Gasteiger partial charge is 0.314 e. The van der Waals surface area contributed by atoms with E-state index in [0.717, 1.165) is 11.3 Å². The fourth-order valence-corrected chi connectivity index (χ4v) is 3.46. The number of amides is 1. The van der Waals surface area contributed by atoms with Crippen LogP contribution in [0.4, 0.5) is 0 Å². The molecule has 1 aliphatic heterocycles. The molecule has 92 valence electrons. The number of thioether (sulfide) groups is 1. The molecule has 0 bridgehead atoms. The molecule has 2 unspecified atom stereocenters. The van der Waals surface area contributed by atoms with E-state index in [1.165, 1.54) is 0 Å². The number of hydrogen-bond donors (Lipinski definition) is 0. The first-order valence-corrected chi connectivity index (χ1v) is 7.52. The first-order chi connectivity index (χ1) is 8.07. The molecular formula is C12H13Cl2NOS. The van der Waals surface area contributed by atoms with Crippen molar-refractivity contribution in [2.24, 2.45) is 0 Å². The van der Waals surface area contributed by atoms with Crippen molar-refractivity contribution in [1.29, 1.82) is 0 Å². The Labute approximate surface area is 115 Å². The second-order valence-electron chi connectivity index (χ2n) is 4.06. The minimum absolute atomic E-state index is 0.0628. The average molecular weight is 290 g/mol. The Kier molecular flexibility index (Phi) is 3.91. The van der Waals surface area contributed by atoms with E-state index < -0.39 is 5.50 Å². The summed E-state index contributed by atoms with van der Waals surface area (Å²) in [6.07, 6.45) is 2.01. The Balaban J connectivity index is 2.39. The van der Waals surface area contributed by atoms with Crippen LogP contribution in [0.2, 0.25) is 5.02 Å². The lowest BCUT2D eigenvalue weighted by molar-refractivity contribution is 0.0724. The summed E-state index contributed by atoms with van der Waals surface area (Å²) in [4.78, 5) is 14.0. The van der Waals surface area contributed by atoms with Crippen LogP contribution >= 0.6 is 35.0 Å². The summed E-state index contributed by atoms with van der Waals surface area (Å²) in [5.41, 5.74) is 0.970. The molecule has 1 aromatic carbocycles. The molecule has 0 N–H and O–H groups in total. The zero-order valence-corrected chi connectivity index (χ0v) is 11.9. The van der Waals surface area contributed by atoms with E-state index in [2.05, 4.69) is 0 Å². The lowest BCUT2D eigenvalue weighted by Gasteiger charge is -2.27. The second kappa shape index (κ2) is 5.09. The van der Waals surface area contributed by atoms with Crippen LogP contribution in [-0.4, -0.2) is 28.9 Å². The van der Waals surface area contributed by atoms with Gasteiger partial charge in [-0.25, -0.2) is 0 Å². The van der Waals surface area contributed by atoms with Gasteiger partial charge in [0, 0.05) is 17.4 Å². The summed E-state index contributed by atoms with van der Waals surface area (Å²) in [7, 11) is 0. The molecule has 1 aromatic rings. The van der Waals surface area contributed by atoms with E-state index in [4.69, 9.17) is 23.2 Å². The minimum atomic E-state index is -0.404. The highest BCUT2D eigenvalue weighted by atomic mass is 35.5. The van der Waals surface area contributed by atoms with Crippen LogP contribution in [0.25, 0.3) is 0 Å². The average Bonchev–Trinajstić information content (AvgIpc) is 2.53. The first-order valence-electron chi connectivity index (χ1n) is 5.32. The summed E-state index contributed by atoms with van der Waals surface area (Å²) in [6, 6.07) is 5.52. The number of carbonyl (C=O) groups is 1. The van der Waals surface area contributed by atoms with Gasteiger partial charge in [-0.3, -0.25) is 4.79 Å². The molecule has 5 heteroatoms. The zero-order chi connectivity index (χ0) is 12.6. The van der Waals surface area contributed by atoms with Gasteiger partial charge in [-0.05, 0) is 19.2 Å². The molecule has 0 aliphatic carbocycles. The van der Waals surface area contributed by atoms with E-state index in [-0.39, 0.29) is 11.9 Å². The Morgan fingerprint density at radius 2 is 2.24 bits per heavy atom. The number of fused-ring (bicyclic) bond motifs is 1. The van der Waals surface area contributed by atoms with E-state index >= 15 is 0 Å². The van der Waals surface area contributed by atoms with E-state index in [0.29, 0.717) is 10.6 Å². The maximum atomic E-state index is 12.3. The van der Waals surface area contributed by atoms with Crippen LogP contribution in [0.3, 0.4) is 0 Å². The predicted molar refractivity (Wildman–Crippen MR) is 74.1 cm³/mol. The number of benzene rings is 1. The molecule has 0 radical (unpaired) electrons. The molecule has 1 heterocycles. The monoisotopic (exact) mass is 289 g/mol. The highest BCUT2D eigenvalue weighted by Gasteiger charge is 2.39. The van der Waals surface area contributed by atoms with Crippen LogP contribution in [0, 0.1) is 0 Å². The summed E-state index contributed by atoms with van der Waals surface area (Å²) >= 11 is 14.1. The SMILES string of the molecule is CSCC(C)N1C(=O)c2c(Cl)cccc2C1Cl. The Hall–Kier alpha value is -0.380. The molecule has 2 atom stereocenters. The molecule has 0 fully saturated rings. The topological polar surface area (TPSA) is 20.3 Å². The molecule has 17 heavy (non-hydrogen) atoms. The highest BCUT2D eigenvalue weighted by Crippen LogP contribution is 2.41. The summed E-state index contributed by atoms with van der Waals surface area (Å²) in [6.45, 7) is 2.00. The maximum Gasteiger partial charge on any atom is 0.257 e. The molecule has 0 spiro atoms. The first kappa shape index (κ1) is 13.1. The van der Waals surface area contributed by atoms with E-state index in [1.54, 1.807) is 22.7 Å². The van der Waals surface area contributed by atoms with Crippen LogP contribution in [0.5, 0.6) is 0 Å². The number of nitrogens with zero attached hydrogens (tertiary/aromatic N) is 1. The smallest absolute Gasteiger partial charge is 0.257 e. The Bertz CT molecular complexity index is 452. The van der Waals surface area contributed by atoms with Crippen molar-refractivity contribution < 1.29 is 4.79 Å². The van der Waals surface area contributed by atoms with Gasteiger partial charge in [-0.2, -0.15) is 11.8 Å². The highest BCUT2D eigenvalue weighted by molar-refractivity contribution is 7.98. The van der Waals surface area contributed by atoms with Crippen molar-refractivity contribution >= 4 is 40.9 Å². The van der Waals surface area contributed by atoms with Gasteiger partial charge in [-0.1, -0.05) is 35.3 Å². The van der Waals surface area contributed by atoms with Gasteiger partial charge in [0.25, 0.3) is 5.91 Å². The fourth-order valence-electron chi connectivity index (χ4n) is 2.09. The molecule has 0 saturated heterocycles. The molecule has 1 amide bonds. The van der Waals surface area contributed by atoms with Crippen LogP contribution in [0.15, 0.2) is 18.2 Å². The van der Waals surface area contributed by atoms with Crippen LogP contribution in [-0.2, 0) is 0 Å². The van der Waals surface area contributed by atoms with E-state index in [9.17, 15) is 4.79 Å². The number of alkyl halides is 1. The van der Waals surface area contributed by atoms with Crippen molar-refractivity contribution in [2.45, 2.75) is 18.5 Å². The van der Waals surface area contributed by atoms with Gasteiger partial charge in [0.2, 0.25) is 0 Å². The van der Waals surface area contributed by atoms with Crippen molar-refractivity contribution in [2.75, 3.05) is 12.0 Å². The van der Waals surface area contributed by atoms with Gasteiger partial charge in [0.15, 0.2) is 0 Å². The van der Waals surface area contributed by atoms with Crippen molar-refractivity contribution in [3.8, 4) is 0 Å². The molecular weight excluding hydrogens is 277 g/mol. The quantitative estimate of drug-likeness (QED) is 0.623. The number of carbonyl (C=O) groups excluding carboxylic acids is 1. The van der Waals surface area contributed by atoms with Crippen LogP contribution < -0.4 is 0 Å². The normalized spacial score (nSPS) is 20.6. The van der Waals surface area contributed by atoms with Crippen molar-refractivity contribution in [3.63, 3.8) is 0 Å². The van der Waals surface area contributed by atoms with Gasteiger partial charge in [-0.15, -0.1) is 0 Å². The third kappa shape index (κ3) is 2.16. The van der Waals surface area contributed by atoms with Crippen molar-refractivity contribution in [3.05, 3.63) is 34.3 Å². The lowest BCUT2D eigenvalue weighted by Crippen LogP contribution is -2.36. The van der Waals surface area contributed by atoms with Crippen LogP contribution in [0.1, 0.15) is 28.3 Å². The molecule has 1 aliphatic rings. The molecule has 2 rings (SSSR count). The number of hydrogen-bond acceptors (Lipinski definition) is 2. The van der Waals surface area contributed by atoms with Gasteiger partial charge >= 0.3 is 0 Å². The summed E-state index contributed by atoms with van der Waals surface area (Å²) in [5.74, 6) is 0.799. The molecule has 0 saturated carbocycles. The van der Waals surface area contributed by atoms with Gasteiger partial charge in [0.1, 0.15) is 5.50 Å². The number of rotatable bonds is 3. The molecule has 0 aromatic heterocycles. The third-order valence-corrected chi connectivity index (χ3v) is 4.45. The van der Waals surface area contributed by atoms with Gasteiger partial charge in [0.05, 0.1) is 10.6 Å². The maximum absolute atomic E-state index is 12.3. The Morgan fingerprint density at radius 3 is 2.82 bits per heavy atom. The lowest BCUT2D eigenvalue weighted by atomic mass is 10.1. The Morgan fingerprint density at radius 1 is 1.53 bits per heavy atom. The minimum Gasteiger partial charge on any atom is -0.314 e. The van der Waals surface area contributed by atoms with E-state index in [1.807, 2.05) is 25.3 Å². The van der Waals surface area contributed by atoms with Gasteiger partial charge < -0.3 is 4.90 Å². The predicted octanol–water partition coefficient (Wildman–Crippen LogP) is 3.78. The zero-order valence-electron chi connectivity index (χ0n) is 9.61. The summed E-state index contributed by atoms with van der Waals surface area (Å²) in [5, 5.41) is 0.483. The number of halogens is 2. The fraction of sp³-hybridized carbons (Fsp3) is 0.417. The third-order valence-electron chi connectivity index (χ3n) is 2.88. The van der Waals surface area contributed by atoms with Crippen molar-refractivity contribution in [1.82, 2.24) is 4.90 Å². The molecule has 2 nitrogen and oxygen atoms in total.